The number of nitrogens with zero attached hydrogens (tertiary/aromatic N) is 5. The van der Waals surface area contributed by atoms with Crippen molar-refractivity contribution in [3.8, 4) is 0 Å². The number of hydrogen-bond donors (Lipinski definition) is 2. The van der Waals surface area contributed by atoms with Crippen LogP contribution in [-0.2, 0) is 25.8 Å². The van der Waals surface area contributed by atoms with Gasteiger partial charge < -0.3 is 15.2 Å². The van der Waals surface area contributed by atoms with E-state index in [2.05, 4.69) is 30.7 Å². The maximum absolute atomic E-state index is 12.7. The zero-order chi connectivity index (χ0) is 21.6. The van der Waals surface area contributed by atoms with Crippen molar-refractivity contribution in [3.05, 3.63) is 47.5 Å². The van der Waals surface area contributed by atoms with Gasteiger partial charge in [-0.25, -0.2) is 4.99 Å². The minimum absolute atomic E-state index is 0.223. The van der Waals surface area contributed by atoms with E-state index < -0.39 is 11.7 Å². The Bertz CT molecular complexity index is 830. The number of halogens is 3. The molecule has 164 valence electrons. The second-order valence-electron chi connectivity index (χ2n) is 7.29. The Morgan fingerprint density at radius 2 is 2.00 bits per heavy atom. The lowest BCUT2D eigenvalue weighted by atomic mass is 10.1. The van der Waals surface area contributed by atoms with Gasteiger partial charge in [-0.3, -0.25) is 4.90 Å². The number of likely N-dealkylation sites (tertiary alicyclic amines) is 1. The Labute approximate surface area is 174 Å². The molecule has 2 N–H and O–H groups in total. The molecule has 1 aliphatic heterocycles. The molecule has 1 aliphatic rings. The van der Waals surface area contributed by atoms with Crippen molar-refractivity contribution in [2.24, 2.45) is 4.99 Å². The molecule has 1 atom stereocenters. The number of hydrogen-bond acceptors (Lipinski definition) is 4. The molecular weight excluding hydrogens is 395 g/mol. The van der Waals surface area contributed by atoms with E-state index in [0.717, 1.165) is 62.1 Å². The van der Waals surface area contributed by atoms with Crippen LogP contribution in [0.3, 0.4) is 0 Å². The summed E-state index contributed by atoms with van der Waals surface area (Å²) in [6.07, 6.45) is -1.66. The van der Waals surface area contributed by atoms with Crippen LogP contribution >= 0.6 is 0 Å². The van der Waals surface area contributed by atoms with Crippen LogP contribution in [0.15, 0.2) is 35.6 Å². The minimum Gasteiger partial charge on any atom is -0.357 e. The number of alkyl halides is 3. The first-order chi connectivity index (χ1) is 14.4. The molecular formula is C20H28F3N7. The summed E-state index contributed by atoms with van der Waals surface area (Å²) in [5, 5.41) is 14.7. The Morgan fingerprint density at radius 1 is 1.23 bits per heavy atom. The highest BCUT2D eigenvalue weighted by molar-refractivity contribution is 5.80. The van der Waals surface area contributed by atoms with Crippen LogP contribution in [0.5, 0.6) is 0 Å². The van der Waals surface area contributed by atoms with E-state index in [1.807, 2.05) is 18.4 Å². The van der Waals surface area contributed by atoms with Crippen LogP contribution in [0, 0.1) is 0 Å². The molecule has 30 heavy (non-hydrogen) atoms. The SMILES string of the molecule is CCNC(=NCc1nncn1CC)NC1CCN(Cc2ccc(C(F)(F)F)cc2)C1. The lowest BCUT2D eigenvalue weighted by Gasteiger charge is -2.19. The summed E-state index contributed by atoms with van der Waals surface area (Å²) in [6, 6.07) is 5.62. The molecule has 1 unspecified atom stereocenters. The number of nitrogens with one attached hydrogen (secondary N) is 2. The van der Waals surface area contributed by atoms with Gasteiger partial charge in [0.15, 0.2) is 11.8 Å². The van der Waals surface area contributed by atoms with Crippen molar-refractivity contribution in [2.75, 3.05) is 19.6 Å². The van der Waals surface area contributed by atoms with Gasteiger partial charge in [0.1, 0.15) is 12.9 Å². The fourth-order valence-corrected chi connectivity index (χ4v) is 3.48. The van der Waals surface area contributed by atoms with Crippen LogP contribution < -0.4 is 10.6 Å². The molecule has 2 heterocycles. The summed E-state index contributed by atoms with van der Waals surface area (Å²) in [7, 11) is 0. The summed E-state index contributed by atoms with van der Waals surface area (Å²) in [5.74, 6) is 1.54. The number of aromatic nitrogens is 3. The Balaban J connectivity index is 1.53. The molecule has 1 aromatic heterocycles. The number of benzene rings is 1. The molecule has 0 aliphatic carbocycles. The third-order valence-corrected chi connectivity index (χ3v) is 5.06. The van der Waals surface area contributed by atoms with Gasteiger partial charge in [-0.15, -0.1) is 10.2 Å². The average Bonchev–Trinajstić information content (AvgIpc) is 3.35. The summed E-state index contributed by atoms with van der Waals surface area (Å²) < 4.78 is 40.1. The van der Waals surface area contributed by atoms with Gasteiger partial charge in [-0.2, -0.15) is 13.2 Å². The first-order valence-corrected chi connectivity index (χ1v) is 10.2. The predicted octanol–water partition coefficient (Wildman–Crippen LogP) is 2.65. The van der Waals surface area contributed by atoms with E-state index in [0.29, 0.717) is 13.1 Å². The third kappa shape index (κ3) is 5.94. The normalized spacial score (nSPS) is 18.0. The number of guanidine groups is 1. The Morgan fingerprint density at radius 3 is 2.67 bits per heavy atom. The summed E-state index contributed by atoms with van der Waals surface area (Å²) in [6.45, 7) is 8.33. The van der Waals surface area contributed by atoms with Crippen LogP contribution in [0.4, 0.5) is 13.2 Å². The summed E-state index contributed by atoms with van der Waals surface area (Å²) in [4.78, 5) is 6.85. The van der Waals surface area contributed by atoms with Crippen LogP contribution in [0.2, 0.25) is 0 Å². The van der Waals surface area contributed by atoms with Crippen LogP contribution in [-0.4, -0.2) is 51.3 Å². The van der Waals surface area contributed by atoms with Gasteiger partial charge >= 0.3 is 6.18 Å². The molecule has 1 saturated heterocycles. The molecule has 0 saturated carbocycles. The van der Waals surface area contributed by atoms with E-state index in [4.69, 9.17) is 0 Å². The Kier molecular flexibility index (Phi) is 7.30. The van der Waals surface area contributed by atoms with E-state index >= 15 is 0 Å². The zero-order valence-corrected chi connectivity index (χ0v) is 17.3. The molecule has 7 nitrogen and oxygen atoms in total. The van der Waals surface area contributed by atoms with Gasteiger partial charge in [-0.05, 0) is 38.0 Å². The van der Waals surface area contributed by atoms with Gasteiger partial charge in [0.05, 0.1) is 5.56 Å². The van der Waals surface area contributed by atoms with Crippen molar-refractivity contribution in [1.82, 2.24) is 30.3 Å². The van der Waals surface area contributed by atoms with E-state index in [9.17, 15) is 13.2 Å². The maximum Gasteiger partial charge on any atom is 0.416 e. The lowest BCUT2D eigenvalue weighted by Crippen LogP contribution is -2.44. The molecule has 0 amide bonds. The predicted molar refractivity (Wildman–Crippen MR) is 109 cm³/mol. The topological polar surface area (TPSA) is 70.4 Å². The summed E-state index contributed by atoms with van der Waals surface area (Å²) >= 11 is 0. The molecule has 1 aromatic carbocycles. The van der Waals surface area contributed by atoms with Gasteiger partial charge in [0.25, 0.3) is 0 Å². The fourth-order valence-electron chi connectivity index (χ4n) is 3.48. The van der Waals surface area contributed by atoms with E-state index in [1.165, 1.54) is 0 Å². The largest absolute Gasteiger partial charge is 0.416 e. The van der Waals surface area contributed by atoms with Crippen LogP contribution in [0.1, 0.15) is 37.2 Å². The second-order valence-corrected chi connectivity index (χ2v) is 7.29. The number of aliphatic imine (C=N–C) groups is 1. The van der Waals surface area contributed by atoms with Gasteiger partial charge in [-0.1, -0.05) is 12.1 Å². The van der Waals surface area contributed by atoms with Crippen molar-refractivity contribution in [3.63, 3.8) is 0 Å². The standard InChI is InChI=1S/C20H28F3N7/c1-3-24-19(25-11-18-28-26-14-30(18)4-2)27-17-9-10-29(13-17)12-15-5-7-16(8-6-15)20(21,22)23/h5-8,14,17H,3-4,9-13H2,1-2H3,(H2,24,25,27). The van der Waals surface area contributed by atoms with Crippen molar-refractivity contribution < 1.29 is 13.2 Å². The monoisotopic (exact) mass is 423 g/mol. The highest BCUT2D eigenvalue weighted by Crippen LogP contribution is 2.29. The molecule has 0 radical (unpaired) electrons. The van der Waals surface area contributed by atoms with Crippen molar-refractivity contribution in [1.29, 1.82) is 0 Å². The second kappa shape index (κ2) is 9.92. The number of rotatable bonds is 7. The zero-order valence-electron chi connectivity index (χ0n) is 17.3. The highest BCUT2D eigenvalue weighted by Gasteiger charge is 2.30. The first-order valence-electron chi connectivity index (χ1n) is 10.2. The molecule has 10 heteroatoms. The molecule has 0 spiro atoms. The van der Waals surface area contributed by atoms with Gasteiger partial charge in [0.2, 0.25) is 0 Å². The Hall–Kier alpha value is -2.62. The fraction of sp³-hybridized carbons (Fsp3) is 0.550. The molecule has 1 fully saturated rings. The maximum atomic E-state index is 12.7. The average molecular weight is 423 g/mol. The van der Waals surface area contributed by atoms with Gasteiger partial charge in [0, 0.05) is 38.8 Å². The lowest BCUT2D eigenvalue weighted by molar-refractivity contribution is -0.137. The minimum atomic E-state index is -4.30. The third-order valence-electron chi connectivity index (χ3n) is 5.06. The quantitative estimate of drug-likeness (QED) is 0.529. The summed E-state index contributed by atoms with van der Waals surface area (Å²) in [5.41, 5.74) is 0.265. The molecule has 2 aromatic rings. The van der Waals surface area contributed by atoms with Crippen LogP contribution in [0.25, 0.3) is 0 Å². The first kappa shape index (κ1) is 22.1. The molecule has 0 bridgehead atoms. The highest BCUT2D eigenvalue weighted by atomic mass is 19.4. The molecule has 3 rings (SSSR count). The smallest absolute Gasteiger partial charge is 0.357 e. The number of aryl methyl sites for hydroxylation is 1. The van der Waals surface area contributed by atoms with E-state index in [-0.39, 0.29) is 6.04 Å². The van der Waals surface area contributed by atoms with E-state index in [1.54, 1.807) is 18.5 Å². The van der Waals surface area contributed by atoms with Crippen molar-refractivity contribution >= 4 is 5.96 Å². The van der Waals surface area contributed by atoms with Crippen molar-refractivity contribution in [2.45, 2.75) is 52.1 Å².